The van der Waals surface area contributed by atoms with Gasteiger partial charge in [0.2, 0.25) is 8.32 Å². The number of rotatable bonds is 6. The third-order valence-electron chi connectivity index (χ3n) is 2.32. The van der Waals surface area contributed by atoms with E-state index in [0.29, 0.717) is 0 Å². The molecule has 0 aliphatic rings. The van der Waals surface area contributed by atoms with Gasteiger partial charge in [0, 0.05) is 0 Å². The average molecular weight is 298 g/mol. The van der Waals surface area contributed by atoms with E-state index in [1.165, 1.54) is 0 Å². The monoisotopic (exact) mass is 298 g/mol. The minimum Gasteiger partial charge on any atom is -1.00 e. The second-order valence-corrected chi connectivity index (χ2v) is 12.5. The fourth-order valence-electron chi connectivity index (χ4n) is 0.673. The molecule has 10 heteroatoms. The minimum absolute atomic E-state index is 0. The quantitative estimate of drug-likeness (QED) is 0.448. The smallest absolute Gasteiger partial charge is 1.00 e. The maximum Gasteiger partial charge on any atom is 1.00 e. The third kappa shape index (κ3) is 9.24. The summed E-state index contributed by atoms with van der Waals surface area (Å²) in [6.45, 7) is 7.18. The van der Waals surface area contributed by atoms with Crippen molar-refractivity contribution in [1.29, 1.82) is 0 Å². The number of hydrogen-bond acceptors (Lipinski definition) is 5. The van der Waals surface area contributed by atoms with Crippen LogP contribution in [-0.4, -0.2) is 41.2 Å². The van der Waals surface area contributed by atoms with Crippen LogP contribution in [0.1, 0.15) is 15.3 Å². The molecular formula is C7H19LiO6S2Si. The van der Waals surface area contributed by atoms with E-state index in [1.54, 1.807) is 13.1 Å². The van der Waals surface area contributed by atoms with Gasteiger partial charge in [0.05, 0.1) is 11.5 Å². The molecule has 0 bridgehead atoms. The predicted octanol–water partition coefficient (Wildman–Crippen LogP) is -2.05. The summed E-state index contributed by atoms with van der Waals surface area (Å²) in [6.07, 6.45) is 0. The SMILES string of the molecule is CC(C)[Si](C)(C)OS(=O)(=O)CCS(=O)(=O)O.[H-].[Li+]. The molecule has 0 aromatic rings. The first-order valence-electron chi connectivity index (χ1n) is 4.74. The Bertz CT molecular complexity index is 433. The van der Waals surface area contributed by atoms with Crippen molar-refractivity contribution in [2.75, 3.05) is 11.5 Å². The molecule has 0 spiro atoms. The van der Waals surface area contributed by atoms with Crippen LogP contribution in [0.2, 0.25) is 18.6 Å². The van der Waals surface area contributed by atoms with Gasteiger partial charge in [-0.1, -0.05) is 13.8 Å². The van der Waals surface area contributed by atoms with Crippen molar-refractivity contribution >= 4 is 28.6 Å². The maximum absolute atomic E-state index is 11.4. The fraction of sp³-hybridized carbons (Fsp3) is 1.00. The van der Waals surface area contributed by atoms with Crippen LogP contribution >= 0.6 is 0 Å². The van der Waals surface area contributed by atoms with Crippen LogP contribution < -0.4 is 18.9 Å². The topological polar surface area (TPSA) is 97.7 Å². The molecule has 0 amide bonds. The summed E-state index contributed by atoms with van der Waals surface area (Å²) < 4.78 is 57.2. The maximum atomic E-state index is 11.4. The molecule has 0 fully saturated rings. The molecule has 0 heterocycles. The normalized spacial score (nSPS) is 13.5. The van der Waals surface area contributed by atoms with Gasteiger partial charge in [-0.3, -0.25) is 4.55 Å². The van der Waals surface area contributed by atoms with Gasteiger partial charge in [-0.15, -0.1) is 0 Å². The third-order valence-corrected chi connectivity index (χ3v) is 9.52. The Labute approximate surface area is 118 Å². The Morgan fingerprint density at radius 2 is 1.59 bits per heavy atom. The van der Waals surface area contributed by atoms with Crippen molar-refractivity contribution < 1.29 is 45.5 Å². The van der Waals surface area contributed by atoms with Crippen LogP contribution in [-0.2, 0) is 24.1 Å². The predicted molar refractivity (Wildman–Crippen MR) is 65.0 cm³/mol. The summed E-state index contributed by atoms with van der Waals surface area (Å²) in [5.74, 6) is -1.55. The molecule has 0 aliphatic heterocycles. The van der Waals surface area contributed by atoms with Crippen LogP contribution in [0.3, 0.4) is 0 Å². The first kappa shape index (κ1) is 20.0. The van der Waals surface area contributed by atoms with Crippen LogP contribution in [0, 0.1) is 0 Å². The molecule has 0 unspecified atom stereocenters. The van der Waals surface area contributed by atoms with E-state index < -0.39 is 40.1 Å². The van der Waals surface area contributed by atoms with Crippen LogP contribution in [0.15, 0.2) is 0 Å². The summed E-state index contributed by atoms with van der Waals surface area (Å²) in [5.41, 5.74) is 0.0907. The largest absolute Gasteiger partial charge is 1.00 e. The summed E-state index contributed by atoms with van der Waals surface area (Å²) >= 11 is 0. The fourth-order valence-corrected chi connectivity index (χ4v) is 6.05. The number of hydrogen-bond donors (Lipinski definition) is 1. The van der Waals surface area contributed by atoms with Crippen molar-refractivity contribution in [3.63, 3.8) is 0 Å². The van der Waals surface area contributed by atoms with E-state index in [4.69, 9.17) is 8.42 Å². The van der Waals surface area contributed by atoms with Gasteiger partial charge in [-0.25, -0.2) is 8.42 Å². The standard InChI is InChI=1S/C7H18O6S2Si.Li.H/c1-7(2)16(3,4)13-15(11,12)6-5-14(8,9)10;;/h7H,5-6H2,1-4H3,(H,8,9,10);;/q;+1;-1. The van der Waals surface area contributed by atoms with E-state index in [1.807, 2.05) is 13.8 Å². The van der Waals surface area contributed by atoms with Crippen molar-refractivity contribution in [3.05, 3.63) is 0 Å². The van der Waals surface area contributed by atoms with Crippen molar-refractivity contribution in [3.8, 4) is 0 Å². The van der Waals surface area contributed by atoms with Gasteiger partial charge in [-0.2, -0.15) is 8.42 Å². The van der Waals surface area contributed by atoms with Gasteiger partial charge >= 0.3 is 18.9 Å². The van der Waals surface area contributed by atoms with E-state index in [-0.39, 0.29) is 25.8 Å². The van der Waals surface area contributed by atoms with Gasteiger partial charge in [0.25, 0.3) is 20.2 Å². The van der Waals surface area contributed by atoms with Gasteiger partial charge in [0.15, 0.2) is 0 Å². The van der Waals surface area contributed by atoms with Gasteiger partial charge in [0.1, 0.15) is 0 Å². The average Bonchev–Trinajstić information content (AvgIpc) is 1.97. The molecule has 0 aromatic heterocycles. The second-order valence-electron chi connectivity index (χ2n) is 4.39. The molecule has 0 saturated heterocycles. The Balaban J connectivity index is -0.00000112. The van der Waals surface area contributed by atoms with E-state index in [9.17, 15) is 16.8 Å². The summed E-state index contributed by atoms with van der Waals surface area (Å²) in [4.78, 5) is 0. The summed E-state index contributed by atoms with van der Waals surface area (Å²) in [5, 5.41) is 0. The Hall–Kier alpha value is 0.634. The molecule has 100 valence electrons. The molecule has 0 radical (unpaired) electrons. The molecule has 0 rings (SSSR count). The summed E-state index contributed by atoms with van der Waals surface area (Å²) in [6, 6.07) is 0. The zero-order chi connectivity index (χ0) is 13.2. The first-order chi connectivity index (χ1) is 6.86. The minimum atomic E-state index is -4.28. The first-order valence-corrected chi connectivity index (χ1v) is 10.9. The van der Waals surface area contributed by atoms with Crippen molar-refractivity contribution in [2.45, 2.75) is 32.5 Å². The van der Waals surface area contributed by atoms with Crippen LogP contribution in [0.25, 0.3) is 0 Å². The van der Waals surface area contributed by atoms with Crippen molar-refractivity contribution in [1.82, 2.24) is 0 Å². The van der Waals surface area contributed by atoms with E-state index >= 15 is 0 Å². The second kappa shape index (κ2) is 6.70. The Kier molecular flexibility index (Phi) is 7.87. The molecule has 17 heavy (non-hydrogen) atoms. The molecular weight excluding hydrogens is 279 g/mol. The zero-order valence-electron chi connectivity index (χ0n) is 11.8. The molecule has 0 saturated carbocycles. The molecule has 0 aromatic carbocycles. The molecule has 0 aliphatic carbocycles. The van der Waals surface area contributed by atoms with Crippen LogP contribution in [0.4, 0.5) is 0 Å². The van der Waals surface area contributed by atoms with Gasteiger partial charge < -0.3 is 5.30 Å². The molecule has 0 atom stereocenters. The van der Waals surface area contributed by atoms with Gasteiger partial charge in [-0.05, 0) is 18.6 Å². The van der Waals surface area contributed by atoms with Crippen molar-refractivity contribution in [2.24, 2.45) is 0 Å². The van der Waals surface area contributed by atoms with E-state index in [0.717, 1.165) is 0 Å². The van der Waals surface area contributed by atoms with E-state index in [2.05, 4.69) is 0 Å². The zero-order valence-corrected chi connectivity index (χ0v) is 13.4. The Morgan fingerprint density at radius 3 is 1.88 bits per heavy atom. The Morgan fingerprint density at radius 1 is 1.18 bits per heavy atom. The molecule has 1 N–H and O–H groups in total. The van der Waals surface area contributed by atoms with Crippen LogP contribution in [0.5, 0.6) is 0 Å². The summed E-state index contributed by atoms with van der Waals surface area (Å²) in [7, 11) is -10.5. The molecule has 6 nitrogen and oxygen atoms in total.